The largest absolute Gasteiger partial charge is 0.497 e. The van der Waals surface area contributed by atoms with Crippen molar-refractivity contribution >= 4 is 11.6 Å². The van der Waals surface area contributed by atoms with Gasteiger partial charge in [-0.2, -0.15) is 0 Å². The lowest BCUT2D eigenvalue weighted by molar-refractivity contribution is 0.0638. The van der Waals surface area contributed by atoms with E-state index < -0.39 is 5.60 Å². The molecule has 2 aliphatic heterocycles. The number of hydrogen-bond acceptors (Lipinski definition) is 5. The van der Waals surface area contributed by atoms with Crippen LogP contribution in [0.15, 0.2) is 84.6 Å². The molecule has 0 N–H and O–H groups in total. The van der Waals surface area contributed by atoms with Crippen molar-refractivity contribution in [2.45, 2.75) is 76.9 Å². The Labute approximate surface area is 302 Å². The second kappa shape index (κ2) is 11.3. The Hall–Kier alpha value is -4.48. The van der Waals surface area contributed by atoms with Gasteiger partial charge in [-0.3, -0.25) is 0 Å². The lowest BCUT2D eigenvalue weighted by Gasteiger charge is -2.52. The van der Waals surface area contributed by atoms with Crippen LogP contribution < -0.4 is 14.2 Å². The maximum absolute atomic E-state index is 7.75. The molecule has 51 heavy (non-hydrogen) atoms. The maximum Gasteiger partial charge on any atom is 0.178 e. The summed E-state index contributed by atoms with van der Waals surface area (Å²) in [7, 11) is 5.22. The van der Waals surface area contributed by atoms with E-state index in [2.05, 4.69) is 88.4 Å². The summed E-state index contributed by atoms with van der Waals surface area (Å²) in [5.74, 6) is 3.58. The molecule has 0 aromatic heterocycles. The predicted molar refractivity (Wildman–Crippen MR) is 202 cm³/mol. The van der Waals surface area contributed by atoms with Crippen molar-refractivity contribution in [3.63, 3.8) is 0 Å². The van der Waals surface area contributed by atoms with Crippen LogP contribution in [-0.4, -0.2) is 34.0 Å². The minimum Gasteiger partial charge on any atom is -0.497 e. The average Bonchev–Trinajstić information content (AvgIpc) is 3.72. The van der Waals surface area contributed by atoms with Gasteiger partial charge in [-0.15, -0.1) is 0 Å². The van der Waals surface area contributed by atoms with Gasteiger partial charge < -0.3 is 23.7 Å². The van der Waals surface area contributed by atoms with Gasteiger partial charge in [0.05, 0.1) is 20.8 Å². The van der Waals surface area contributed by atoms with E-state index in [1.807, 2.05) is 24.3 Å². The van der Waals surface area contributed by atoms with Crippen LogP contribution in [0.5, 0.6) is 17.2 Å². The molecular formula is C46H48O5. The summed E-state index contributed by atoms with van der Waals surface area (Å²) in [6.07, 6.45) is 9.41. The minimum atomic E-state index is -0.888. The first-order valence-electron chi connectivity index (χ1n) is 18.4. The van der Waals surface area contributed by atoms with E-state index >= 15 is 0 Å². The van der Waals surface area contributed by atoms with E-state index in [0.29, 0.717) is 13.0 Å². The summed E-state index contributed by atoms with van der Waals surface area (Å²) in [6.45, 7) is 10.6. The third kappa shape index (κ3) is 4.69. The van der Waals surface area contributed by atoms with Crippen LogP contribution in [0.3, 0.4) is 0 Å². The molecule has 262 valence electrons. The highest BCUT2D eigenvalue weighted by atomic mass is 16.5. The molecule has 1 fully saturated rings. The quantitative estimate of drug-likeness (QED) is 0.210. The van der Waals surface area contributed by atoms with Crippen LogP contribution in [0.25, 0.3) is 22.8 Å². The van der Waals surface area contributed by atoms with Crippen LogP contribution in [0.1, 0.15) is 92.3 Å². The summed E-state index contributed by atoms with van der Waals surface area (Å²) in [4.78, 5) is 0. The van der Waals surface area contributed by atoms with Crippen molar-refractivity contribution < 1.29 is 23.7 Å². The zero-order valence-corrected chi connectivity index (χ0v) is 30.9. The number of hydrogen-bond donors (Lipinski definition) is 0. The molecule has 1 spiro atoms. The number of benzene rings is 4. The molecule has 1 saturated carbocycles. The first-order valence-corrected chi connectivity index (χ1v) is 18.4. The van der Waals surface area contributed by atoms with Gasteiger partial charge in [0.2, 0.25) is 0 Å². The normalized spacial score (nSPS) is 22.2. The Bertz CT molecular complexity index is 2050. The smallest absolute Gasteiger partial charge is 0.178 e. The van der Waals surface area contributed by atoms with Crippen LogP contribution in [-0.2, 0) is 26.9 Å². The molecule has 5 heteroatoms. The summed E-state index contributed by atoms with van der Waals surface area (Å²) in [5.41, 5.74) is 12.0. The van der Waals surface area contributed by atoms with Gasteiger partial charge in [-0.1, -0.05) is 82.3 Å². The van der Waals surface area contributed by atoms with E-state index in [0.717, 1.165) is 53.4 Å². The van der Waals surface area contributed by atoms with Gasteiger partial charge in [0.15, 0.2) is 5.60 Å². The van der Waals surface area contributed by atoms with Crippen LogP contribution in [0.4, 0.5) is 0 Å². The van der Waals surface area contributed by atoms with E-state index in [1.54, 1.807) is 21.3 Å². The summed E-state index contributed by atoms with van der Waals surface area (Å²) in [5, 5.41) is 0. The van der Waals surface area contributed by atoms with Gasteiger partial charge in [-0.05, 0) is 88.3 Å². The lowest BCUT2D eigenvalue weighted by atomic mass is 9.52. The van der Waals surface area contributed by atoms with Crippen molar-refractivity contribution in [2.24, 2.45) is 10.8 Å². The average molecular weight is 681 g/mol. The van der Waals surface area contributed by atoms with Gasteiger partial charge >= 0.3 is 0 Å². The predicted octanol–water partition coefficient (Wildman–Crippen LogP) is 10.3. The maximum atomic E-state index is 7.75. The highest BCUT2D eigenvalue weighted by Crippen LogP contribution is 2.68. The second-order valence-corrected chi connectivity index (χ2v) is 16.8. The van der Waals surface area contributed by atoms with Crippen molar-refractivity contribution in [3.05, 3.63) is 124 Å². The molecule has 0 saturated heterocycles. The highest BCUT2D eigenvalue weighted by Gasteiger charge is 2.56. The number of methoxy groups -OCH3 is 3. The molecule has 5 nitrogen and oxygen atoms in total. The zero-order valence-electron chi connectivity index (χ0n) is 30.9. The van der Waals surface area contributed by atoms with Gasteiger partial charge in [0, 0.05) is 53.2 Å². The molecule has 0 radical (unpaired) electrons. The van der Waals surface area contributed by atoms with E-state index in [9.17, 15) is 0 Å². The van der Waals surface area contributed by atoms with Crippen molar-refractivity contribution in [1.82, 2.24) is 0 Å². The first-order chi connectivity index (χ1) is 24.5. The third-order valence-electron chi connectivity index (χ3n) is 12.3. The molecule has 1 atom stereocenters. The third-order valence-corrected chi connectivity index (χ3v) is 12.3. The fraction of sp³-hybridized carbons (Fsp3) is 0.391. The Morgan fingerprint density at radius 2 is 1.35 bits per heavy atom. The SMILES string of the molecule is COc1ccc(C2(c3ccc(OC)cc3)C=Cc3c(c4c(c5c3C3(CC(C)(C)CC(C)(C)C3)c3ccccc3-5)C3=C(OCC3)C(OC)C4)O2)cc1. The van der Waals surface area contributed by atoms with Crippen molar-refractivity contribution in [2.75, 3.05) is 27.9 Å². The number of rotatable bonds is 5. The first kappa shape index (κ1) is 32.4. The van der Waals surface area contributed by atoms with Crippen molar-refractivity contribution in [1.29, 1.82) is 0 Å². The van der Waals surface area contributed by atoms with E-state index in [-0.39, 0.29) is 22.3 Å². The molecule has 0 amide bonds. The van der Waals surface area contributed by atoms with E-state index in [1.165, 1.54) is 50.9 Å². The Kier molecular flexibility index (Phi) is 7.16. The molecule has 0 bridgehead atoms. The second-order valence-electron chi connectivity index (χ2n) is 16.8. The molecule has 4 aromatic carbocycles. The lowest BCUT2D eigenvalue weighted by Crippen LogP contribution is -2.44. The molecule has 4 aromatic rings. The number of fused-ring (bicyclic) bond motifs is 11. The van der Waals surface area contributed by atoms with Crippen LogP contribution in [0.2, 0.25) is 0 Å². The topological polar surface area (TPSA) is 46.2 Å². The summed E-state index contributed by atoms with van der Waals surface area (Å²) in [6, 6.07) is 25.9. The van der Waals surface area contributed by atoms with Crippen molar-refractivity contribution in [3.8, 4) is 28.4 Å². The highest BCUT2D eigenvalue weighted by molar-refractivity contribution is 5.98. The summed E-state index contributed by atoms with van der Waals surface area (Å²) >= 11 is 0. The Morgan fingerprint density at radius 1 is 0.725 bits per heavy atom. The van der Waals surface area contributed by atoms with E-state index in [4.69, 9.17) is 23.7 Å². The van der Waals surface area contributed by atoms with Crippen LogP contribution >= 0.6 is 0 Å². The molecule has 9 rings (SSSR count). The zero-order chi connectivity index (χ0) is 35.3. The van der Waals surface area contributed by atoms with Gasteiger partial charge in [0.1, 0.15) is 29.1 Å². The number of ether oxygens (including phenoxy) is 5. The van der Waals surface area contributed by atoms with Gasteiger partial charge in [-0.25, -0.2) is 0 Å². The molecule has 1 unspecified atom stereocenters. The molecule has 3 aliphatic carbocycles. The fourth-order valence-electron chi connectivity index (χ4n) is 11.1. The van der Waals surface area contributed by atoms with Crippen LogP contribution in [0, 0.1) is 10.8 Å². The molecule has 5 aliphatic rings. The summed E-state index contributed by atoms with van der Waals surface area (Å²) < 4.78 is 31.5. The molecular weight excluding hydrogens is 633 g/mol. The Morgan fingerprint density at radius 3 is 1.96 bits per heavy atom. The Balaban J connectivity index is 1.38. The molecule has 2 heterocycles. The monoisotopic (exact) mass is 680 g/mol. The minimum absolute atomic E-state index is 0.149. The standard InChI is InChI=1S/C46H48O5/c1-43(2)25-44(3,4)27-45(26-43)36-11-9-8-10-32(36)39-38-33-21-23-50-42(33)37(49-7)24-35(38)41-34(40(39)45)20-22-46(51-41,28-12-16-30(47-5)17-13-28)29-14-18-31(48-6)19-15-29/h8-20,22,37H,21,23-27H2,1-7H3. The fourth-order valence-corrected chi connectivity index (χ4v) is 11.1. The van der Waals surface area contributed by atoms with Gasteiger partial charge in [0.25, 0.3) is 0 Å².